The lowest BCUT2D eigenvalue weighted by molar-refractivity contribution is -0.117. The first-order valence-corrected chi connectivity index (χ1v) is 5.07. The van der Waals surface area contributed by atoms with Crippen LogP contribution < -0.4 is 5.73 Å². The van der Waals surface area contributed by atoms with Crippen molar-refractivity contribution in [3.63, 3.8) is 0 Å². The fourth-order valence-electron chi connectivity index (χ4n) is 1.31. The van der Waals surface area contributed by atoms with Gasteiger partial charge >= 0.3 is 0 Å². The van der Waals surface area contributed by atoms with Gasteiger partial charge in [0.25, 0.3) is 0 Å². The van der Waals surface area contributed by atoms with Crippen LogP contribution in [-0.2, 0) is 4.79 Å². The van der Waals surface area contributed by atoms with Crippen LogP contribution in [0.15, 0.2) is 24.3 Å². The highest BCUT2D eigenvalue weighted by molar-refractivity contribution is 7.80. The number of carbonyl (C=O) groups excluding carboxylic acids is 1. The number of nitrogens with zero attached hydrogens (tertiary/aromatic N) is 1. The van der Waals surface area contributed by atoms with Crippen molar-refractivity contribution in [2.45, 2.75) is 6.04 Å². The molecule has 0 spiro atoms. The van der Waals surface area contributed by atoms with Crippen molar-refractivity contribution in [1.29, 1.82) is 0 Å². The van der Waals surface area contributed by atoms with Gasteiger partial charge in [0.1, 0.15) is 11.0 Å². The van der Waals surface area contributed by atoms with Gasteiger partial charge in [-0.05, 0) is 17.7 Å². The Hall–Kier alpha value is -1.13. The second-order valence-corrected chi connectivity index (χ2v) is 4.04. The minimum atomic E-state index is -0.380. The second-order valence-electron chi connectivity index (χ2n) is 3.13. The lowest BCUT2D eigenvalue weighted by Crippen LogP contribution is -2.33. The van der Waals surface area contributed by atoms with Crippen LogP contribution in [-0.4, -0.2) is 23.3 Å². The molecule has 3 nitrogen and oxygen atoms in total. The molecular formula is C10H11ClN2OS. The zero-order valence-corrected chi connectivity index (χ0v) is 9.76. The third-order valence-electron chi connectivity index (χ3n) is 2.03. The number of amides is 1. The Morgan fingerprint density at radius 1 is 1.53 bits per heavy atom. The minimum absolute atomic E-state index is 0.256. The first kappa shape index (κ1) is 11.9. The quantitative estimate of drug-likeness (QED) is 0.647. The van der Waals surface area contributed by atoms with E-state index in [1.54, 1.807) is 31.3 Å². The van der Waals surface area contributed by atoms with E-state index < -0.39 is 0 Å². The van der Waals surface area contributed by atoms with Gasteiger partial charge in [-0.1, -0.05) is 36.0 Å². The molecule has 0 saturated heterocycles. The molecule has 0 fully saturated rings. The van der Waals surface area contributed by atoms with E-state index >= 15 is 0 Å². The zero-order valence-electron chi connectivity index (χ0n) is 8.18. The van der Waals surface area contributed by atoms with E-state index in [4.69, 9.17) is 29.6 Å². The Labute approximate surface area is 98.8 Å². The number of hydrogen-bond donors (Lipinski definition) is 1. The Balaban J connectivity index is 3.04. The van der Waals surface area contributed by atoms with E-state index in [0.717, 1.165) is 5.56 Å². The van der Waals surface area contributed by atoms with Gasteiger partial charge in [0.2, 0.25) is 6.41 Å². The lowest BCUT2D eigenvalue weighted by Gasteiger charge is -2.23. The standard InChI is InChI=1S/C10H11ClN2OS/c1-13(6-14)9(10(12)15)7-2-4-8(11)5-3-7/h2-6,9H,1H3,(H2,12,15). The third-order valence-corrected chi connectivity index (χ3v) is 2.50. The van der Waals surface area contributed by atoms with Crippen molar-refractivity contribution in [2.75, 3.05) is 7.05 Å². The summed E-state index contributed by atoms with van der Waals surface area (Å²) in [5, 5.41) is 0.634. The van der Waals surface area contributed by atoms with Crippen molar-refractivity contribution in [1.82, 2.24) is 4.90 Å². The first-order valence-electron chi connectivity index (χ1n) is 4.28. The molecule has 1 atom stereocenters. The summed E-state index contributed by atoms with van der Waals surface area (Å²) >= 11 is 10.7. The summed E-state index contributed by atoms with van der Waals surface area (Å²) in [5.74, 6) is 0. The van der Waals surface area contributed by atoms with E-state index in [1.165, 1.54) is 4.90 Å². The molecule has 0 saturated carbocycles. The molecule has 0 aliphatic heterocycles. The summed E-state index contributed by atoms with van der Waals surface area (Å²) < 4.78 is 0. The topological polar surface area (TPSA) is 46.3 Å². The zero-order chi connectivity index (χ0) is 11.4. The Morgan fingerprint density at radius 2 is 2.07 bits per heavy atom. The Morgan fingerprint density at radius 3 is 2.47 bits per heavy atom. The van der Waals surface area contributed by atoms with E-state index in [0.29, 0.717) is 11.4 Å². The number of likely N-dealkylation sites (N-methyl/N-ethyl adjacent to an activating group) is 1. The molecule has 0 aromatic heterocycles. The molecule has 0 bridgehead atoms. The van der Waals surface area contributed by atoms with Crippen molar-refractivity contribution < 1.29 is 4.79 Å². The molecule has 2 N–H and O–H groups in total. The molecule has 1 amide bonds. The second kappa shape index (κ2) is 5.09. The van der Waals surface area contributed by atoms with Crippen LogP contribution in [0.5, 0.6) is 0 Å². The van der Waals surface area contributed by atoms with Crippen LogP contribution in [0, 0.1) is 0 Å². The SMILES string of the molecule is CN(C=O)C(C(N)=S)c1ccc(Cl)cc1. The molecule has 1 unspecified atom stereocenters. The number of thiocarbonyl (C=S) groups is 1. The summed E-state index contributed by atoms with van der Waals surface area (Å²) in [7, 11) is 1.63. The average molecular weight is 243 g/mol. The van der Waals surface area contributed by atoms with E-state index in [2.05, 4.69) is 0 Å². The molecule has 1 aromatic carbocycles. The molecule has 0 aliphatic carbocycles. The number of halogens is 1. The fraction of sp³-hybridized carbons (Fsp3) is 0.200. The molecule has 0 radical (unpaired) electrons. The molecule has 5 heteroatoms. The van der Waals surface area contributed by atoms with Crippen LogP contribution in [0.2, 0.25) is 5.02 Å². The van der Waals surface area contributed by atoms with Gasteiger partial charge in [-0.15, -0.1) is 0 Å². The van der Waals surface area contributed by atoms with Crippen LogP contribution in [0.4, 0.5) is 0 Å². The lowest BCUT2D eigenvalue weighted by atomic mass is 10.1. The van der Waals surface area contributed by atoms with Gasteiger partial charge in [-0.25, -0.2) is 0 Å². The predicted octanol–water partition coefficient (Wildman–Crippen LogP) is 1.76. The number of rotatable bonds is 4. The summed E-state index contributed by atoms with van der Waals surface area (Å²) in [6.07, 6.45) is 0.693. The van der Waals surface area contributed by atoms with E-state index in [-0.39, 0.29) is 11.0 Å². The van der Waals surface area contributed by atoms with Crippen molar-refractivity contribution >= 4 is 35.2 Å². The molecule has 1 aromatic rings. The molecule has 0 aliphatic rings. The average Bonchev–Trinajstić information content (AvgIpc) is 2.20. The maximum absolute atomic E-state index is 10.7. The first-order chi connectivity index (χ1) is 7.06. The van der Waals surface area contributed by atoms with Crippen molar-refractivity contribution in [3.8, 4) is 0 Å². The highest BCUT2D eigenvalue weighted by Gasteiger charge is 2.18. The van der Waals surface area contributed by atoms with Crippen LogP contribution >= 0.6 is 23.8 Å². The van der Waals surface area contributed by atoms with Gasteiger partial charge in [0, 0.05) is 12.1 Å². The molecule has 80 valence electrons. The van der Waals surface area contributed by atoms with Gasteiger partial charge < -0.3 is 10.6 Å². The molecule has 0 heterocycles. The summed E-state index contributed by atoms with van der Waals surface area (Å²) in [5.41, 5.74) is 6.43. The number of benzene rings is 1. The van der Waals surface area contributed by atoms with Gasteiger partial charge in [0.05, 0.1) is 0 Å². The van der Waals surface area contributed by atoms with Crippen LogP contribution in [0.25, 0.3) is 0 Å². The third kappa shape index (κ3) is 2.91. The summed E-state index contributed by atoms with van der Waals surface area (Å²) in [4.78, 5) is 12.4. The molecular weight excluding hydrogens is 232 g/mol. The number of carbonyl (C=O) groups is 1. The number of hydrogen-bond acceptors (Lipinski definition) is 2. The van der Waals surface area contributed by atoms with Gasteiger partial charge in [0.15, 0.2) is 0 Å². The van der Waals surface area contributed by atoms with Crippen molar-refractivity contribution in [2.24, 2.45) is 5.73 Å². The van der Waals surface area contributed by atoms with Gasteiger partial charge in [-0.3, -0.25) is 4.79 Å². The van der Waals surface area contributed by atoms with Crippen LogP contribution in [0.1, 0.15) is 11.6 Å². The fourth-order valence-corrected chi connectivity index (χ4v) is 1.73. The van der Waals surface area contributed by atoms with E-state index in [1.807, 2.05) is 0 Å². The highest BCUT2D eigenvalue weighted by atomic mass is 35.5. The normalized spacial score (nSPS) is 11.9. The van der Waals surface area contributed by atoms with Crippen LogP contribution in [0.3, 0.4) is 0 Å². The number of nitrogens with two attached hydrogens (primary N) is 1. The maximum atomic E-state index is 10.7. The minimum Gasteiger partial charge on any atom is -0.391 e. The molecule has 1 rings (SSSR count). The molecule has 15 heavy (non-hydrogen) atoms. The van der Waals surface area contributed by atoms with Gasteiger partial charge in [-0.2, -0.15) is 0 Å². The summed E-state index contributed by atoms with van der Waals surface area (Å²) in [6, 6.07) is 6.69. The van der Waals surface area contributed by atoms with E-state index in [9.17, 15) is 4.79 Å². The monoisotopic (exact) mass is 242 g/mol. The van der Waals surface area contributed by atoms with Crippen molar-refractivity contribution in [3.05, 3.63) is 34.9 Å². The Bertz CT molecular complexity index is 366. The predicted molar refractivity (Wildman–Crippen MR) is 64.8 cm³/mol. The highest BCUT2D eigenvalue weighted by Crippen LogP contribution is 2.20. The summed E-state index contributed by atoms with van der Waals surface area (Å²) in [6.45, 7) is 0. The smallest absolute Gasteiger partial charge is 0.210 e. The Kier molecular flexibility index (Phi) is 4.05. The largest absolute Gasteiger partial charge is 0.391 e. The maximum Gasteiger partial charge on any atom is 0.210 e.